The summed E-state index contributed by atoms with van der Waals surface area (Å²) in [6.45, 7) is 6.42. The number of H-pyrrole nitrogens is 1. The number of nitrogens with two attached hydrogens (primary N) is 1. The van der Waals surface area contributed by atoms with Crippen LogP contribution in [0, 0.1) is 12.3 Å². The van der Waals surface area contributed by atoms with Crippen molar-refractivity contribution >= 4 is 11.7 Å². The summed E-state index contributed by atoms with van der Waals surface area (Å²) >= 11 is 0. The highest BCUT2D eigenvalue weighted by molar-refractivity contribution is 5.99. The van der Waals surface area contributed by atoms with Gasteiger partial charge in [0.05, 0.1) is 0 Å². The van der Waals surface area contributed by atoms with Gasteiger partial charge in [0, 0.05) is 18.8 Å². The number of anilines is 1. The number of hydrogen-bond donors (Lipinski definition) is 2. The summed E-state index contributed by atoms with van der Waals surface area (Å²) in [5.74, 6) is 0.277. The number of aromatic nitrogens is 2. The quantitative estimate of drug-likeness (QED) is 0.861. The third kappa shape index (κ3) is 2.74. The Hall–Kier alpha value is -1.52. The Balaban J connectivity index is 2.09. The fourth-order valence-electron chi connectivity index (χ4n) is 2.83. The Kier molecular flexibility index (Phi) is 3.56. The van der Waals surface area contributed by atoms with Gasteiger partial charge in [-0.25, -0.2) is 0 Å². The Bertz CT molecular complexity index is 448. The van der Waals surface area contributed by atoms with Crippen molar-refractivity contribution in [2.45, 2.75) is 52.5 Å². The molecule has 0 radical (unpaired) electrons. The van der Waals surface area contributed by atoms with E-state index in [0.717, 1.165) is 31.4 Å². The standard InChI is InChI=1S/C14H24N4O/c1-9-11(12(15)17-16-9)13(19)18(4)10-5-7-14(2,3)8-6-10/h10H,5-8H2,1-4H3,(H3,15,16,17). The van der Waals surface area contributed by atoms with E-state index in [9.17, 15) is 4.79 Å². The first-order valence-corrected chi connectivity index (χ1v) is 6.89. The topological polar surface area (TPSA) is 75.0 Å². The molecular weight excluding hydrogens is 240 g/mol. The molecule has 0 aliphatic heterocycles. The number of hydrogen-bond acceptors (Lipinski definition) is 3. The van der Waals surface area contributed by atoms with E-state index in [-0.39, 0.29) is 5.91 Å². The second kappa shape index (κ2) is 4.87. The molecule has 5 nitrogen and oxygen atoms in total. The van der Waals surface area contributed by atoms with Crippen molar-refractivity contribution in [3.63, 3.8) is 0 Å². The number of carbonyl (C=O) groups excluding carboxylic acids is 1. The predicted molar refractivity (Wildman–Crippen MR) is 75.9 cm³/mol. The fraction of sp³-hybridized carbons (Fsp3) is 0.714. The maximum absolute atomic E-state index is 12.5. The fourth-order valence-corrected chi connectivity index (χ4v) is 2.83. The molecule has 0 atom stereocenters. The minimum Gasteiger partial charge on any atom is -0.382 e. The highest BCUT2D eigenvalue weighted by atomic mass is 16.2. The zero-order valence-electron chi connectivity index (χ0n) is 12.3. The lowest BCUT2D eigenvalue weighted by molar-refractivity contribution is 0.0635. The SMILES string of the molecule is Cc1[nH]nc(N)c1C(=O)N(C)C1CCC(C)(C)CC1. The van der Waals surface area contributed by atoms with Crippen molar-refractivity contribution in [3.05, 3.63) is 11.3 Å². The second-order valence-corrected chi connectivity index (χ2v) is 6.42. The van der Waals surface area contributed by atoms with Gasteiger partial charge in [0.1, 0.15) is 5.56 Å². The van der Waals surface area contributed by atoms with Crippen molar-refractivity contribution in [3.8, 4) is 0 Å². The molecule has 0 spiro atoms. The van der Waals surface area contributed by atoms with Gasteiger partial charge in [0.15, 0.2) is 5.82 Å². The van der Waals surface area contributed by atoms with E-state index in [2.05, 4.69) is 24.0 Å². The smallest absolute Gasteiger partial charge is 0.259 e. The van der Waals surface area contributed by atoms with Crippen LogP contribution >= 0.6 is 0 Å². The van der Waals surface area contributed by atoms with Crippen LogP contribution in [0.15, 0.2) is 0 Å². The van der Waals surface area contributed by atoms with Crippen LogP contribution in [0.25, 0.3) is 0 Å². The molecule has 2 rings (SSSR count). The molecule has 1 amide bonds. The van der Waals surface area contributed by atoms with E-state index < -0.39 is 0 Å². The van der Waals surface area contributed by atoms with Gasteiger partial charge >= 0.3 is 0 Å². The second-order valence-electron chi connectivity index (χ2n) is 6.42. The van der Waals surface area contributed by atoms with Gasteiger partial charge in [-0.15, -0.1) is 0 Å². The first-order chi connectivity index (χ1) is 8.82. The molecule has 1 saturated carbocycles. The van der Waals surface area contributed by atoms with Crippen LogP contribution in [0.3, 0.4) is 0 Å². The molecule has 1 aromatic heterocycles. The molecule has 106 valence electrons. The van der Waals surface area contributed by atoms with Crippen molar-refractivity contribution in [1.29, 1.82) is 0 Å². The van der Waals surface area contributed by atoms with Crippen LogP contribution in [0.1, 0.15) is 55.6 Å². The number of rotatable bonds is 2. The van der Waals surface area contributed by atoms with Crippen LogP contribution in [-0.2, 0) is 0 Å². The molecule has 1 aliphatic carbocycles. The molecule has 19 heavy (non-hydrogen) atoms. The maximum Gasteiger partial charge on any atom is 0.259 e. The predicted octanol–water partition coefficient (Wildman–Crippen LogP) is 2.34. The first-order valence-electron chi connectivity index (χ1n) is 6.89. The van der Waals surface area contributed by atoms with Gasteiger partial charge < -0.3 is 10.6 Å². The van der Waals surface area contributed by atoms with Gasteiger partial charge in [-0.1, -0.05) is 13.8 Å². The molecule has 1 aromatic rings. The lowest BCUT2D eigenvalue weighted by atomic mass is 9.75. The Morgan fingerprint density at radius 3 is 2.47 bits per heavy atom. The monoisotopic (exact) mass is 264 g/mol. The number of aryl methyl sites for hydroxylation is 1. The molecule has 1 fully saturated rings. The Labute approximate surface area is 114 Å². The lowest BCUT2D eigenvalue weighted by Crippen LogP contribution is -2.41. The van der Waals surface area contributed by atoms with E-state index in [0.29, 0.717) is 22.8 Å². The number of carbonyl (C=O) groups is 1. The minimum absolute atomic E-state index is 0.0199. The summed E-state index contributed by atoms with van der Waals surface area (Å²) in [7, 11) is 1.87. The number of aromatic amines is 1. The third-order valence-corrected chi connectivity index (χ3v) is 4.37. The highest BCUT2D eigenvalue weighted by Crippen LogP contribution is 2.37. The average molecular weight is 264 g/mol. The zero-order valence-corrected chi connectivity index (χ0v) is 12.3. The third-order valence-electron chi connectivity index (χ3n) is 4.37. The zero-order chi connectivity index (χ0) is 14.2. The van der Waals surface area contributed by atoms with Gasteiger partial charge in [0.25, 0.3) is 5.91 Å². The van der Waals surface area contributed by atoms with Crippen molar-refractivity contribution in [1.82, 2.24) is 15.1 Å². The molecule has 1 heterocycles. The number of nitrogens with one attached hydrogen (secondary N) is 1. The molecule has 0 aromatic carbocycles. The van der Waals surface area contributed by atoms with Gasteiger partial charge in [-0.05, 0) is 38.0 Å². The van der Waals surface area contributed by atoms with Crippen LogP contribution in [-0.4, -0.2) is 34.1 Å². The van der Waals surface area contributed by atoms with E-state index in [1.165, 1.54) is 0 Å². The summed E-state index contributed by atoms with van der Waals surface area (Å²) in [4.78, 5) is 14.3. The number of amides is 1. The van der Waals surface area contributed by atoms with Gasteiger partial charge in [0.2, 0.25) is 0 Å². The molecule has 5 heteroatoms. The van der Waals surface area contributed by atoms with Crippen LogP contribution in [0.2, 0.25) is 0 Å². The van der Waals surface area contributed by atoms with Crippen LogP contribution in [0.5, 0.6) is 0 Å². The summed E-state index contributed by atoms with van der Waals surface area (Å²) in [6, 6.07) is 0.314. The maximum atomic E-state index is 12.5. The minimum atomic E-state index is -0.0199. The Morgan fingerprint density at radius 2 is 2.00 bits per heavy atom. The molecule has 0 bridgehead atoms. The van der Waals surface area contributed by atoms with E-state index in [4.69, 9.17) is 5.73 Å². The van der Waals surface area contributed by atoms with Gasteiger partial charge in [-0.2, -0.15) is 5.10 Å². The number of nitrogens with zero attached hydrogens (tertiary/aromatic N) is 2. The van der Waals surface area contributed by atoms with Crippen LogP contribution < -0.4 is 5.73 Å². The Morgan fingerprint density at radius 1 is 1.42 bits per heavy atom. The normalized spacial score (nSPS) is 19.4. The van der Waals surface area contributed by atoms with E-state index in [1.54, 1.807) is 0 Å². The van der Waals surface area contributed by atoms with Crippen molar-refractivity contribution < 1.29 is 4.79 Å². The number of nitrogen functional groups attached to an aromatic ring is 1. The molecule has 3 N–H and O–H groups in total. The van der Waals surface area contributed by atoms with E-state index in [1.807, 2.05) is 18.9 Å². The largest absolute Gasteiger partial charge is 0.382 e. The summed E-state index contributed by atoms with van der Waals surface area (Å²) in [5, 5.41) is 6.66. The summed E-state index contributed by atoms with van der Waals surface area (Å²) in [6.07, 6.45) is 4.45. The lowest BCUT2D eigenvalue weighted by Gasteiger charge is -2.38. The molecule has 0 saturated heterocycles. The molecule has 0 unspecified atom stereocenters. The van der Waals surface area contributed by atoms with Gasteiger partial charge in [-0.3, -0.25) is 9.89 Å². The van der Waals surface area contributed by atoms with E-state index >= 15 is 0 Å². The first kappa shape index (κ1) is 13.9. The van der Waals surface area contributed by atoms with Crippen molar-refractivity contribution in [2.24, 2.45) is 5.41 Å². The van der Waals surface area contributed by atoms with Crippen molar-refractivity contribution in [2.75, 3.05) is 12.8 Å². The molecule has 1 aliphatic rings. The highest BCUT2D eigenvalue weighted by Gasteiger charge is 2.32. The summed E-state index contributed by atoms with van der Waals surface area (Å²) in [5.41, 5.74) is 7.43. The van der Waals surface area contributed by atoms with Crippen LogP contribution in [0.4, 0.5) is 5.82 Å². The molecular formula is C14H24N4O. The summed E-state index contributed by atoms with van der Waals surface area (Å²) < 4.78 is 0. The average Bonchev–Trinajstić information content (AvgIpc) is 2.67.